The van der Waals surface area contributed by atoms with E-state index in [-0.39, 0.29) is 5.69 Å². The van der Waals surface area contributed by atoms with Crippen molar-refractivity contribution in [3.8, 4) is 0 Å². The molecule has 0 saturated heterocycles. The number of anilines is 1. The number of hydrogen-bond donors (Lipinski definition) is 2. The van der Waals surface area contributed by atoms with Crippen LogP contribution in [0.4, 0.5) is 5.82 Å². The van der Waals surface area contributed by atoms with Gasteiger partial charge in [0.15, 0.2) is 5.69 Å². The van der Waals surface area contributed by atoms with Crippen LogP contribution in [-0.4, -0.2) is 22.6 Å². The van der Waals surface area contributed by atoms with Crippen molar-refractivity contribution in [1.82, 2.24) is 4.98 Å². The van der Waals surface area contributed by atoms with Gasteiger partial charge in [-0.1, -0.05) is 42.4 Å². The first kappa shape index (κ1) is 12.4. The van der Waals surface area contributed by atoms with Crippen LogP contribution in [0.25, 0.3) is 10.8 Å². The first-order valence-electron chi connectivity index (χ1n) is 5.28. The van der Waals surface area contributed by atoms with Crippen molar-refractivity contribution in [2.24, 2.45) is 0 Å². The van der Waals surface area contributed by atoms with E-state index in [1.54, 1.807) is 6.07 Å². The minimum Gasteiger partial charge on any atom is -0.477 e. The highest BCUT2D eigenvalue weighted by molar-refractivity contribution is 6.29. The average molecular weight is 263 g/mol. The second-order valence-corrected chi connectivity index (χ2v) is 4.29. The summed E-state index contributed by atoms with van der Waals surface area (Å²) in [6, 6.07) is 8.96. The Labute approximate surface area is 109 Å². The van der Waals surface area contributed by atoms with E-state index in [9.17, 15) is 4.79 Å². The monoisotopic (exact) mass is 262 g/mol. The first-order chi connectivity index (χ1) is 8.58. The van der Waals surface area contributed by atoms with Gasteiger partial charge in [-0.05, 0) is 11.5 Å². The van der Waals surface area contributed by atoms with Crippen LogP contribution in [0.15, 0.2) is 41.9 Å². The molecule has 0 atom stereocenters. The molecule has 0 aliphatic carbocycles. The van der Waals surface area contributed by atoms with E-state index in [1.807, 2.05) is 24.3 Å². The molecular weight excluding hydrogens is 252 g/mol. The van der Waals surface area contributed by atoms with E-state index < -0.39 is 5.97 Å². The lowest BCUT2D eigenvalue weighted by atomic mass is 10.1. The lowest BCUT2D eigenvalue weighted by Gasteiger charge is -2.09. The Morgan fingerprint density at radius 2 is 2.17 bits per heavy atom. The van der Waals surface area contributed by atoms with Crippen LogP contribution in [0, 0.1) is 0 Å². The molecule has 2 rings (SSSR count). The molecule has 0 saturated carbocycles. The Bertz CT molecular complexity index is 625. The SMILES string of the molecule is C=C(Cl)CNc1nc(C(=O)O)cc2ccccc12. The minimum atomic E-state index is -1.06. The van der Waals surface area contributed by atoms with Gasteiger partial charge in [-0.25, -0.2) is 9.78 Å². The number of carboxylic acid groups (broad SMARTS) is 1. The van der Waals surface area contributed by atoms with Gasteiger partial charge >= 0.3 is 5.97 Å². The Kier molecular flexibility index (Phi) is 3.48. The number of fused-ring (bicyclic) bond motifs is 1. The van der Waals surface area contributed by atoms with Gasteiger partial charge in [-0.2, -0.15) is 0 Å². The average Bonchev–Trinajstić information content (AvgIpc) is 2.35. The van der Waals surface area contributed by atoms with Crippen molar-refractivity contribution in [1.29, 1.82) is 0 Å². The predicted octanol–water partition coefficient (Wildman–Crippen LogP) is 3.10. The van der Waals surface area contributed by atoms with Gasteiger partial charge in [-0.3, -0.25) is 0 Å². The minimum absolute atomic E-state index is 0.00335. The summed E-state index contributed by atoms with van der Waals surface area (Å²) in [4.78, 5) is 15.1. The standard InChI is InChI=1S/C13H11ClN2O2/c1-8(14)7-15-12-10-5-3-2-4-9(10)6-11(16-12)13(17)18/h2-6H,1,7H2,(H,15,16)(H,17,18). The third kappa shape index (κ3) is 2.60. The summed E-state index contributed by atoms with van der Waals surface area (Å²) in [5.41, 5.74) is -0.00335. The molecule has 0 amide bonds. The van der Waals surface area contributed by atoms with E-state index in [4.69, 9.17) is 16.7 Å². The van der Waals surface area contributed by atoms with E-state index in [0.717, 1.165) is 10.8 Å². The summed E-state index contributed by atoms with van der Waals surface area (Å²) in [5.74, 6) is -0.569. The highest BCUT2D eigenvalue weighted by Gasteiger charge is 2.10. The summed E-state index contributed by atoms with van der Waals surface area (Å²) in [5, 5.41) is 14.1. The fraction of sp³-hybridized carbons (Fsp3) is 0.0769. The molecule has 0 aliphatic rings. The highest BCUT2D eigenvalue weighted by Crippen LogP contribution is 2.22. The second-order valence-electron chi connectivity index (χ2n) is 3.75. The molecule has 0 bridgehead atoms. The van der Waals surface area contributed by atoms with Crippen LogP contribution in [0.3, 0.4) is 0 Å². The van der Waals surface area contributed by atoms with Crippen LogP contribution >= 0.6 is 11.6 Å². The summed E-state index contributed by atoms with van der Waals surface area (Å²) >= 11 is 5.68. The Morgan fingerprint density at radius 3 is 2.83 bits per heavy atom. The molecule has 0 aliphatic heterocycles. The van der Waals surface area contributed by atoms with Gasteiger partial charge < -0.3 is 10.4 Å². The van der Waals surface area contributed by atoms with Crippen molar-refractivity contribution < 1.29 is 9.90 Å². The zero-order valence-corrected chi connectivity index (χ0v) is 10.2. The third-order valence-electron chi connectivity index (χ3n) is 2.41. The second kappa shape index (κ2) is 5.06. The van der Waals surface area contributed by atoms with Crippen LogP contribution in [0.2, 0.25) is 0 Å². The number of carboxylic acids is 1. The lowest BCUT2D eigenvalue weighted by molar-refractivity contribution is 0.0691. The molecule has 0 spiro atoms. The predicted molar refractivity (Wildman–Crippen MR) is 72.2 cm³/mol. The molecular formula is C13H11ClN2O2. The number of benzene rings is 1. The highest BCUT2D eigenvalue weighted by atomic mass is 35.5. The van der Waals surface area contributed by atoms with Crippen molar-refractivity contribution in [2.45, 2.75) is 0 Å². The molecule has 0 unspecified atom stereocenters. The van der Waals surface area contributed by atoms with Crippen LogP contribution in [0.1, 0.15) is 10.5 Å². The number of aromatic carboxylic acids is 1. The molecule has 2 aromatic rings. The third-order valence-corrected chi connectivity index (χ3v) is 2.54. The quantitative estimate of drug-likeness (QED) is 0.889. The number of nitrogens with zero attached hydrogens (tertiary/aromatic N) is 1. The van der Waals surface area contributed by atoms with Gasteiger partial charge in [0.2, 0.25) is 0 Å². The molecule has 1 heterocycles. The largest absolute Gasteiger partial charge is 0.477 e. The number of rotatable bonds is 4. The number of aromatic nitrogens is 1. The van der Waals surface area contributed by atoms with E-state index in [2.05, 4.69) is 16.9 Å². The lowest BCUT2D eigenvalue weighted by Crippen LogP contribution is -2.07. The van der Waals surface area contributed by atoms with Gasteiger partial charge in [0.1, 0.15) is 5.82 Å². The van der Waals surface area contributed by atoms with Crippen molar-refractivity contribution in [3.05, 3.63) is 47.6 Å². The van der Waals surface area contributed by atoms with Gasteiger partial charge in [0, 0.05) is 10.4 Å². The molecule has 5 heteroatoms. The number of halogens is 1. The topological polar surface area (TPSA) is 62.2 Å². The Morgan fingerprint density at radius 1 is 1.44 bits per heavy atom. The summed E-state index contributed by atoms with van der Waals surface area (Å²) in [6.07, 6.45) is 0. The van der Waals surface area contributed by atoms with Crippen LogP contribution in [0.5, 0.6) is 0 Å². The van der Waals surface area contributed by atoms with E-state index >= 15 is 0 Å². The molecule has 1 aromatic carbocycles. The zero-order chi connectivity index (χ0) is 13.1. The van der Waals surface area contributed by atoms with Gasteiger partial charge in [-0.15, -0.1) is 0 Å². The zero-order valence-electron chi connectivity index (χ0n) is 9.48. The molecule has 18 heavy (non-hydrogen) atoms. The number of carbonyl (C=O) groups is 1. The number of nitrogens with one attached hydrogen (secondary N) is 1. The molecule has 92 valence electrons. The van der Waals surface area contributed by atoms with Crippen molar-refractivity contribution in [2.75, 3.05) is 11.9 Å². The smallest absolute Gasteiger partial charge is 0.354 e. The molecule has 2 N–H and O–H groups in total. The maximum atomic E-state index is 11.0. The first-order valence-corrected chi connectivity index (χ1v) is 5.66. The molecule has 0 radical (unpaired) electrons. The van der Waals surface area contributed by atoms with Crippen molar-refractivity contribution in [3.63, 3.8) is 0 Å². The van der Waals surface area contributed by atoms with Gasteiger partial charge in [0.05, 0.1) is 6.54 Å². The van der Waals surface area contributed by atoms with Gasteiger partial charge in [0.25, 0.3) is 0 Å². The Hall–Kier alpha value is -2.07. The number of hydrogen-bond acceptors (Lipinski definition) is 3. The fourth-order valence-corrected chi connectivity index (χ4v) is 1.69. The fourth-order valence-electron chi connectivity index (χ4n) is 1.62. The summed E-state index contributed by atoms with van der Waals surface area (Å²) < 4.78 is 0. The maximum Gasteiger partial charge on any atom is 0.354 e. The van der Waals surface area contributed by atoms with E-state index in [0.29, 0.717) is 17.4 Å². The molecule has 1 aromatic heterocycles. The molecule has 4 nitrogen and oxygen atoms in total. The van der Waals surface area contributed by atoms with Crippen LogP contribution < -0.4 is 5.32 Å². The van der Waals surface area contributed by atoms with Crippen molar-refractivity contribution >= 4 is 34.2 Å². The summed E-state index contributed by atoms with van der Waals surface area (Å²) in [7, 11) is 0. The maximum absolute atomic E-state index is 11.0. The van der Waals surface area contributed by atoms with Crippen LogP contribution in [-0.2, 0) is 0 Å². The van der Waals surface area contributed by atoms with E-state index in [1.165, 1.54) is 0 Å². The number of pyridine rings is 1. The summed E-state index contributed by atoms with van der Waals surface area (Å²) in [6.45, 7) is 3.90. The molecule has 0 fully saturated rings. The normalized spacial score (nSPS) is 10.3. The Balaban J connectivity index is 2.53.